The Morgan fingerprint density at radius 2 is 2.05 bits per heavy atom. The molecule has 0 radical (unpaired) electrons. The third kappa shape index (κ3) is 4.14. The Bertz CT molecular complexity index is 510. The van der Waals surface area contributed by atoms with Crippen molar-refractivity contribution in [3.05, 3.63) is 46.0 Å². The number of unbranched alkanes of at least 4 members (excludes halogenated alkanes) is 1. The van der Waals surface area contributed by atoms with Crippen molar-refractivity contribution >= 4 is 15.9 Å². The maximum Gasteiger partial charge on any atom is 0.243 e. The molecule has 0 saturated carbocycles. The number of aromatic nitrogens is 2. The lowest BCUT2D eigenvalue weighted by Crippen LogP contribution is -2.10. The highest BCUT2D eigenvalue weighted by atomic mass is 79.9. The standard InChI is InChI=1S/C14H18BrN3O/c1-2-3-4-12(16)14-17-13(18-19-14)9-10-5-7-11(15)8-6-10/h5-8,12H,2-4,9,16H2,1H3. The van der Waals surface area contributed by atoms with Crippen LogP contribution in [0.5, 0.6) is 0 Å². The van der Waals surface area contributed by atoms with Crippen LogP contribution in [0.25, 0.3) is 0 Å². The van der Waals surface area contributed by atoms with Gasteiger partial charge in [0.25, 0.3) is 0 Å². The van der Waals surface area contributed by atoms with Gasteiger partial charge in [0, 0.05) is 10.9 Å². The van der Waals surface area contributed by atoms with Crippen LogP contribution < -0.4 is 5.73 Å². The van der Waals surface area contributed by atoms with Crippen LogP contribution in [0.3, 0.4) is 0 Å². The van der Waals surface area contributed by atoms with Crippen LogP contribution in [0.15, 0.2) is 33.3 Å². The predicted molar refractivity (Wildman–Crippen MR) is 77.7 cm³/mol. The summed E-state index contributed by atoms with van der Waals surface area (Å²) in [5.74, 6) is 1.23. The van der Waals surface area contributed by atoms with E-state index in [0.717, 1.165) is 29.3 Å². The van der Waals surface area contributed by atoms with Crippen LogP contribution in [0.1, 0.15) is 49.5 Å². The highest BCUT2D eigenvalue weighted by Crippen LogP contribution is 2.17. The summed E-state index contributed by atoms with van der Waals surface area (Å²) in [6.07, 6.45) is 3.74. The van der Waals surface area contributed by atoms with Gasteiger partial charge in [0.2, 0.25) is 5.89 Å². The molecular formula is C14H18BrN3O. The lowest BCUT2D eigenvalue weighted by Gasteiger charge is -2.03. The van der Waals surface area contributed by atoms with E-state index in [0.29, 0.717) is 18.1 Å². The summed E-state index contributed by atoms with van der Waals surface area (Å²) in [4.78, 5) is 4.37. The molecule has 0 aliphatic heterocycles. The number of rotatable bonds is 6. The molecule has 0 fully saturated rings. The first-order valence-electron chi connectivity index (χ1n) is 6.51. The molecule has 1 aromatic carbocycles. The number of hydrogen-bond donors (Lipinski definition) is 1. The van der Waals surface area contributed by atoms with Crippen LogP contribution in [-0.2, 0) is 6.42 Å². The van der Waals surface area contributed by atoms with E-state index in [-0.39, 0.29) is 6.04 Å². The SMILES string of the molecule is CCCCC(N)c1nc(Cc2ccc(Br)cc2)no1. The highest BCUT2D eigenvalue weighted by Gasteiger charge is 2.14. The van der Waals surface area contributed by atoms with E-state index in [1.54, 1.807) is 0 Å². The van der Waals surface area contributed by atoms with Gasteiger partial charge in [0.1, 0.15) is 0 Å². The normalized spacial score (nSPS) is 12.6. The molecule has 0 aliphatic carbocycles. The third-order valence-corrected chi connectivity index (χ3v) is 3.47. The van der Waals surface area contributed by atoms with Gasteiger partial charge in [-0.05, 0) is 24.1 Å². The Balaban J connectivity index is 1.98. The molecule has 102 valence electrons. The van der Waals surface area contributed by atoms with Crippen molar-refractivity contribution in [2.75, 3.05) is 0 Å². The molecule has 19 heavy (non-hydrogen) atoms. The fourth-order valence-corrected chi connectivity index (χ4v) is 2.09. The lowest BCUT2D eigenvalue weighted by atomic mass is 10.1. The van der Waals surface area contributed by atoms with Gasteiger partial charge in [-0.1, -0.05) is 53.0 Å². The summed E-state index contributed by atoms with van der Waals surface area (Å²) in [6, 6.07) is 7.94. The zero-order valence-corrected chi connectivity index (χ0v) is 12.6. The number of nitrogens with zero attached hydrogens (tertiary/aromatic N) is 2. The molecule has 2 N–H and O–H groups in total. The molecule has 5 heteroatoms. The zero-order chi connectivity index (χ0) is 13.7. The minimum Gasteiger partial charge on any atom is -0.338 e. The Kier molecular flexibility index (Phi) is 5.10. The summed E-state index contributed by atoms with van der Waals surface area (Å²) in [5, 5.41) is 3.99. The summed E-state index contributed by atoms with van der Waals surface area (Å²) >= 11 is 3.41. The number of halogens is 1. The van der Waals surface area contributed by atoms with Gasteiger partial charge in [-0.15, -0.1) is 0 Å². The second-order valence-electron chi connectivity index (χ2n) is 4.60. The molecule has 0 amide bonds. The zero-order valence-electron chi connectivity index (χ0n) is 11.0. The van der Waals surface area contributed by atoms with Gasteiger partial charge in [0.05, 0.1) is 6.04 Å². The Morgan fingerprint density at radius 3 is 2.74 bits per heavy atom. The van der Waals surface area contributed by atoms with Crippen molar-refractivity contribution < 1.29 is 4.52 Å². The molecule has 4 nitrogen and oxygen atoms in total. The van der Waals surface area contributed by atoms with Gasteiger partial charge in [0.15, 0.2) is 5.82 Å². The average Bonchev–Trinajstić information content (AvgIpc) is 2.87. The molecule has 0 spiro atoms. The molecule has 1 heterocycles. The first-order chi connectivity index (χ1) is 9.19. The second kappa shape index (κ2) is 6.82. The van der Waals surface area contributed by atoms with E-state index in [9.17, 15) is 0 Å². The maximum atomic E-state index is 6.01. The Labute approximate surface area is 121 Å². The molecule has 1 atom stereocenters. The summed E-state index contributed by atoms with van der Waals surface area (Å²) in [6.45, 7) is 2.14. The van der Waals surface area contributed by atoms with Crippen LogP contribution in [0.4, 0.5) is 0 Å². The second-order valence-corrected chi connectivity index (χ2v) is 5.52. The van der Waals surface area contributed by atoms with Crippen molar-refractivity contribution in [2.24, 2.45) is 5.73 Å². The Morgan fingerprint density at radius 1 is 1.32 bits per heavy atom. The maximum absolute atomic E-state index is 6.01. The van der Waals surface area contributed by atoms with Crippen molar-refractivity contribution in [1.29, 1.82) is 0 Å². The molecule has 0 aliphatic rings. The largest absolute Gasteiger partial charge is 0.338 e. The van der Waals surface area contributed by atoms with Crippen LogP contribution >= 0.6 is 15.9 Å². The van der Waals surface area contributed by atoms with Gasteiger partial charge in [-0.25, -0.2) is 0 Å². The third-order valence-electron chi connectivity index (χ3n) is 2.95. The smallest absolute Gasteiger partial charge is 0.243 e. The van der Waals surface area contributed by atoms with Crippen LogP contribution in [0, 0.1) is 0 Å². The molecular weight excluding hydrogens is 306 g/mol. The van der Waals surface area contributed by atoms with Crippen LogP contribution in [0.2, 0.25) is 0 Å². The van der Waals surface area contributed by atoms with Gasteiger partial charge in [-0.2, -0.15) is 4.98 Å². The van der Waals surface area contributed by atoms with Crippen molar-refractivity contribution in [3.8, 4) is 0 Å². The molecule has 0 saturated heterocycles. The van der Waals surface area contributed by atoms with Gasteiger partial charge < -0.3 is 10.3 Å². The van der Waals surface area contributed by atoms with Crippen molar-refractivity contribution in [1.82, 2.24) is 10.1 Å². The van der Waals surface area contributed by atoms with Crippen LogP contribution in [-0.4, -0.2) is 10.1 Å². The first kappa shape index (κ1) is 14.2. The predicted octanol–water partition coefficient (Wildman–Crippen LogP) is 3.61. The molecule has 1 unspecified atom stereocenters. The van der Waals surface area contributed by atoms with E-state index in [2.05, 4.69) is 33.0 Å². The van der Waals surface area contributed by atoms with E-state index >= 15 is 0 Å². The topological polar surface area (TPSA) is 64.9 Å². The van der Waals surface area contributed by atoms with E-state index in [1.807, 2.05) is 24.3 Å². The van der Waals surface area contributed by atoms with Gasteiger partial charge in [-0.3, -0.25) is 0 Å². The monoisotopic (exact) mass is 323 g/mol. The molecule has 1 aromatic heterocycles. The number of benzene rings is 1. The average molecular weight is 324 g/mol. The summed E-state index contributed by atoms with van der Waals surface area (Å²) < 4.78 is 6.29. The van der Waals surface area contributed by atoms with Crippen molar-refractivity contribution in [2.45, 2.75) is 38.6 Å². The summed E-state index contributed by atoms with van der Waals surface area (Å²) in [5.41, 5.74) is 7.16. The minimum atomic E-state index is -0.147. The Hall–Kier alpha value is -1.20. The quantitative estimate of drug-likeness (QED) is 0.881. The lowest BCUT2D eigenvalue weighted by molar-refractivity contribution is 0.343. The first-order valence-corrected chi connectivity index (χ1v) is 7.31. The van der Waals surface area contributed by atoms with Gasteiger partial charge >= 0.3 is 0 Å². The fourth-order valence-electron chi connectivity index (χ4n) is 1.82. The highest BCUT2D eigenvalue weighted by molar-refractivity contribution is 9.10. The molecule has 0 bridgehead atoms. The molecule has 2 aromatic rings. The number of nitrogens with two attached hydrogens (primary N) is 1. The van der Waals surface area contributed by atoms with Crippen molar-refractivity contribution in [3.63, 3.8) is 0 Å². The van der Waals surface area contributed by atoms with E-state index in [4.69, 9.17) is 10.3 Å². The minimum absolute atomic E-state index is 0.147. The summed E-state index contributed by atoms with van der Waals surface area (Å²) in [7, 11) is 0. The van der Waals surface area contributed by atoms with E-state index in [1.165, 1.54) is 0 Å². The van der Waals surface area contributed by atoms with E-state index < -0.39 is 0 Å². The fraction of sp³-hybridized carbons (Fsp3) is 0.429. The number of hydrogen-bond acceptors (Lipinski definition) is 4. The molecule has 2 rings (SSSR count).